The molecular weight excluding hydrogens is 294 g/mol. The van der Waals surface area contributed by atoms with E-state index in [1.54, 1.807) is 11.3 Å². The van der Waals surface area contributed by atoms with E-state index in [-0.39, 0.29) is 11.9 Å². The van der Waals surface area contributed by atoms with E-state index < -0.39 is 0 Å². The molecule has 1 aromatic carbocycles. The number of benzene rings is 1. The van der Waals surface area contributed by atoms with E-state index >= 15 is 0 Å². The van der Waals surface area contributed by atoms with Crippen LogP contribution in [0, 0.1) is 6.92 Å². The number of hydrogen-bond acceptors (Lipinski definition) is 4. The molecule has 1 atom stereocenters. The van der Waals surface area contributed by atoms with E-state index in [9.17, 15) is 4.79 Å². The number of thiazole rings is 1. The van der Waals surface area contributed by atoms with Crippen LogP contribution in [0.3, 0.4) is 0 Å². The molecule has 1 aliphatic rings. The van der Waals surface area contributed by atoms with Gasteiger partial charge in [-0.1, -0.05) is 12.1 Å². The van der Waals surface area contributed by atoms with Crippen molar-refractivity contribution in [1.82, 2.24) is 9.88 Å². The fraction of sp³-hybridized carbons (Fsp3) is 0.412. The Morgan fingerprint density at radius 1 is 1.41 bits per heavy atom. The minimum absolute atomic E-state index is 0.0625. The van der Waals surface area contributed by atoms with E-state index in [0.29, 0.717) is 12.1 Å². The van der Waals surface area contributed by atoms with Crippen LogP contribution in [0.4, 0.5) is 0 Å². The van der Waals surface area contributed by atoms with Gasteiger partial charge in [0.05, 0.1) is 21.6 Å². The Morgan fingerprint density at radius 3 is 2.82 bits per heavy atom. The molecule has 1 amide bonds. The first-order chi connectivity index (χ1) is 10.6. The van der Waals surface area contributed by atoms with Crippen LogP contribution >= 0.6 is 11.3 Å². The highest BCUT2D eigenvalue weighted by Crippen LogP contribution is 2.37. The van der Waals surface area contributed by atoms with Gasteiger partial charge >= 0.3 is 0 Å². The van der Waals surface area contributed by atoms with Crippen LogP contribution < -0.4 is 5.73 Å². The number of nitrogens with zero attached hydrogens (tertiary/aromatic N) is 2. The number of hydrogen-bond donors (Lipinski definition) is 1. The summed E-state index contributed by atoms with van der Waals surface area (Å²) in [5.41, 5.74) is 8.54. The van der Waals surface area contributed by atoms with Gasteiger partial charge in [0.15, 0.2) is 0 Å². The van der Waals surface area contributed by atoms with Gasteiger partial charge in [-0.2, -0.15) is 0 Å². The summed E-state index contributed by atoms with van der Waals surface area (Å²) in [4.78, 5) is 20.5. The first kappa shape index (κ1) is 15.2. The number of fused-ring (bicyclic) bond motifs is 1. The lowest BCUT2D eigenvalue weighted by molar-refractivity contribution is 0.0718. The monoisotopic (exact) mass is 315 g/mol. The smallest absolute Gasteiger partial charge is 0.254 e. The molecule has 0 saturated carbocycles. The predicted molar refractivity (Wildman–Crippen MR) is 89.0 cm³/mol. The number of carbonyl (C=O) groups is 1. The molecule has 2 aromatic rings. The zero-order valence-corrected chi connectivity index (χ0v) is 13.8. The molecule has 0 saturated heterocycles. The van der Waals surface area contributed by atoms with Crippen LogP contribution in [0.2, 0.25) is 0 Å². The van der Waals surface area contributed by atoms with E-state index in [4.69, 9.17) is 5.73 Å². The van der Waals surface area contributed by atoms with Gasteiger partial charge in [0.2, 0.25) is 0 Å². The van der Waals surface area contributed by atoms with Gasteiger partial charge in [-0.05, 0) is 43.9 Å². The Hall–Kier alpha value is -1.72. The standard InChI is InChI=1S/C17H21N3OS/c1-11-19-14-4-3-5-15(16(14)22-11)20(2)17(21)13-8-6-12(10-18)7-9-13/h6-9,15H,3-5,10,18H2,1-2H3. The molecule has 0 radical (unpaired) electrons. The molecule has 0 fully saturated rings. The van der Waals surface area contributed by atoms with Gasteiger partial charge in [-0.25, -0.2) is 4.98 Å². The average molecular weight is 315 g/mol. The van der Waals surface area contributed by atoms with Crippen LogP contribution in [0.25, 0.3) is 0 Å². The normalized spacial score (nSPS) is 17.1. The summed E-state index contributed by atoms with van der Waals surface area (Å²) in [6.07, 6.45) is 3.13. The Morgan fingerprint density at radius 2 is 2.14 bits per heavy atom. The highest BCUT2D eigenvalue weighted by molar-refractivity contribution is 7.11. The lowest BCUT2D eigenvalue weighted by atomic mass is 9.96. The SMILES string of the molecule is Cc1nc2c(s1)C(N(C)C(=O)c1ccc(CN)cc1)CCC2. The molecule has 1 aromatic heterocycles. The molecule has 22 heavy (non-hydrogen) atoms. The third-order valence-corrected chi connectivity index (χ3v) is 5.37. The third-order valence-electron chi connectivity index (χ3n) is 4.25. The van der Waals surface area contributed by atoms with Crippen molar-refractivity contribution in [3.63, 3.8) is 0 Å². The molecule has 1 heterocycles. The number of aryl methyl sites for hydroxylation is 2. The molecule has 0 spiro atoms. The molecule has 3 rings (SSSR count). The van der Waals surface area contributed by atoms with Crippen LogP contribution in [-0.4, -0.2) is 22.8 Å². The van der Waals surface area contributed by atoms with Crippen molar-refractivity contribution in [2.45, 2.75) is 38.8 Å². The lowest BCUT2D eigenvalue weighted by Gasteiger charge is -2.30. The topological polar surface area (TPSA) is 59.2 Å². The predicted octanol–water partition coefficient (Wildman–Crippen LogP) is 3.06. The fourth-order valence-corrected chi connectivity index (χ4v) is 4.17. The first-order valence-electron chi connectivity index (χ1n) is 7.62. The number of carbonyl (C=O) groups excluding carboxylic acids is 1. The molecule has 0 aliphatic heterocycles. The van der Waals surface area contributed by atoms with E-state index in [1.807, 2.05) is 43.1 Å². The zero-order chi connectivity index (χ0) is 15.7. The van der Waals surface area contributed by atoms with Crippen LogP contribution in [0.1, 0.15) is 50.4 Å². The number of aromatic nitrogens is 1. The molecule has 2 N–H and O–H groups in total. The molecular formula is C17H21N3OS. The largest absolute Gasteiger partial charge is 0.334 e. The fourth-order valence-electron chi connectivity index (χ4n) is 3.02. The third kappa shape index (κ3) is 2.78. The summed E-state index contributed by atoms with van der Waals surface area (Å²) >= 11 is 1.72. The second-order valence-corrected chi connectivity index (χ2v) is 7.00. The van der Waals surface area contributed by atoms with Crippen molar-refractivity contribution in [1.29, 1.82) is 0 Å². The Labute approximate surface area is 135 Å². The lowest BCUT2D eigenvalue weighted by Crippen LogP contribution is -2.32. The zero-order valence-electron chi connectivity index (χ0n) is 13.0. The van der Waals surface area contributed by atoms with Gasteiger partial charge in [-0.15, -0.1) is 11.3 Å². The van der Waals surface area contributed by atoms with Gasteiger partial charge in [0.1, 0.15) is 0 Å². The maximum atomic E-state index is 12.7. The summed E-state index contributed by atoms with van der Waals surface area (Å²) in [5.74, 6) is 0.0625. The van der Waals surface area contributed by atoms with Crippen molar-refractivity contribution >= 4 is 17.2 Å². The minimum atomic E-state index is 0.0625. The molecule has 116 valence electrons. The summed E-state index contributed by atoms with van der Waals surface area (Å²) < 4.78 is 0. The number of nitrogens with two attached hydrogens (primary N) is 1. The van der Waals surface area contributed by atoms with Gasteiger partial charge in [0.25, 0.3) is 5.91 Å². The van der Waals surface area contributed by atoms with Crippen LogP contribution in [0.15, 0.2) is 24.3 Å². The van der Waals surface area contributed by atoms with Crippen molar-refractivity contribution < 1.29 is 4.79 Å². The minimum Gasteiger partial charge on any atom is -0.334 e. The van der Waals surface area contributed by atoms with Crippen LogP contribution in [-0.2, 0) is 13.0 Å². The molecule has 4 nitrogen and oxygen atoms in total. The Kier molecular flexibility index (Phi) is 4.27. The van der Waals surface area contributed by atoms with E-state index in [1.165, 1.54) is 10.6 Å². The summed E-state index contributed by atoms with van der Waals surface area (Å²) in [6, 6.07) is 7.72. The second kappa shape index (κ2) is 6.18. The molecule has 1 unspecified atom stereocenters. The van der Waals surface area contributed by atoms with Crippen molar-refractivity contribution in [2.24, 2.45) is 5.73 Å². The average Bonchev–Trinajstić information content (AvgIpc) is 2.93. The van der Waals surface area contributed by atoms with Gasteiger partial charge in [0, 0.05) is 19.2 Å². The van der Waals surface area contributed by atoms with Crippen LogP contribution in [0.5, 0.6) is 0 Å². The maximum absolute atomic E-state index is 12.7. The van der Waals surface area contributed by atoms with Gasteiger partial charge < -0.3 is 10.6 Å². The quantitative estimate of drug-likeness (QED) is 0.947. The van der Waals surface area contributed by atoms with E-state index in [0.717, 1.165) is 29.8 Å². The van der Waals surface area contributed by atoms with E-state index in [2.05, 4.69) is 4.98 Å². The molecule has 1 aliphatic carbocycles. The number of amides is 1. The van der Waals surface area contributed by atoms with Crippen molar-refractivity contribution in [2.75, 3.05) is 7.05 Å². The summed E-state index contributed by atoms with van der Waals surface area (Å²) in [6.45, 7) is 2.53. The highest BCUT2D eigenvalue weighted by Gasteiger charge is 2.29. The van der Waals surface area contributed by atoms with Crippen molar-refractivity contribution in [3.8, 4) is 0 Å². The maximum Gasteiger partial charge on any atom is 0.254 e. The summed E-state index contributed by atoms with van der Waals surface area (Å²) in [5, 5.41) is 1.09. The molecule has 5 heteroatoms. The Balaban J connectivity index is 1.84. The highest BCUT2D eigenvalue weighted by atomic mass is 32.1. The first-order valence-corrected chi connectivity index (χ1v) is 8.44. The Bertz CT molecular complexity index is 678. The molecule has 0 bridgehead atoms. The van der Waals surface area contributed by atoms with Crippen molar-refractivity contribution in [3.05, 3.63) is 51.0 Å². The number of rotatable bonds is 3. The van der Waals surface area contributed by atoms with Gasteiger partial charge in [-0.3, -0.25) is 4.79 Å². The second-order valence-electron chi connectivity index (χ2n) is 5.77. The summed E-state index contributed by atoms with van der Waals surface area (Å²) in [7, 11) is 1.90.